The molecule has 4 heteroatoms. The van der Waals surface area contributed by atoms with Gasteiger partial charge < -0.3 is 14.4 Å². The van der Waals surface area contributed by atoms with Gasteiger partial charge in [-0.2, -0.15) is 0 Å². The van der Waals surface area contributed by atoms with E-state index in [1.165, 1.54) is 5.56 Å². The maximum absolute atomic E-state index is 10.2. The molecule has 1 unspecified atom stereocenters. The highest BCUT2D eigenvalue weighted by Gasteiger charge is 2.10. The lowest BCUT2D eigenvalue weighted by atomic mass is 10.1. The lowest BCUT2D eigenvalue weighted by Crippen LogP contribution is -2.23. The molecule has 1 N–H and O–H groups in total. The number of aliphatic hydroxyl groups excluding tert-OH is 1. The number of fused-ring (bicyclic) bond motifs is 1. The Kier molecular flexibility index (Phi) is 4.11. The van der Waals surface area contributed by atoms with Crippen molar-refractivity contribution in [1.82, 2.24) is 9.55 Å². The standard InChI is InChI=1S/C18H20N2O2/c1-13-7-8-18(14(2)9-13)22-11-15(21)10-20-12-19-16-5-3-4-6-17(16)20/h3-9,12,15,21H,10-11H2,1-2H3. The average Bonchev–Trinajstić information content (AvgIpc) is 2.90. The van der Waals surface area contributed by atoms with Gasteiger partial charge >= 0.3 is 0 Å². The number of rotatable bonds is 5. The highest BCUT2D eigenvalue weighted by molar-refractivity contribution is 5.74. The predicted molar refractivity (Wildman–Crippen MR) is 87.2 cm³/mol. The van der Waals surface area contributed by atoms with E-state index in [4.69, 9.17) is 4.74 Å². The van der Waals surface area contributed by atoms with E-state index in [1.54, 1.807) is 6.33 Å². The molecule has 114 valence electrons. The van der Waals surface area contributed by atoms with E-state index in [1.807, 2.05) is 47.9 Å². The van der Waals surface area contributed by atoms with E-state index in [9.17, 15) is 5.11 Å². The number of aryl methyl sites for hydroxylation is 2. The molecule has 0 radical (unpaired) electrons. The summed E-state index contributed by atoms with van der Waals surface area (Å²) in [4.78, 5) is 4.32. The van der Waals surface area contributed by atoms with Crippen molar-refractivity contribution in [1.29, 1.82) is 0 Å². The first-order valence-electron chi connectivity index (χ1n) is 7.41. The van der Waals surface area contributed by atoms with Gasteiger partial charge in [0.05, 0.1) is 23.9 Å². The summed E-state index contributed by atoms with van der Waals surface area (Å²) in [5.74, 6) is 0.820. The minimum Gasteiger partial charge on any atom is -0.491 e. The van der Waals surface area contributed by atoms with Crippen LogP contribution in [0.2, 0.25) is 0 Å². The third kappa shape index (κ3) is 3.12. The van der Waals surface area contributed by atoms with Crippen molar-refractivity contribution in [3.63, 3.8) is 0 Å². The van der Waals surface area contributed by atoms with Gasteiger partial charge in [0.25, 0.3) is 0 Å². The highest BCUT2D eigenvalue weighted by Crippen LogP contribution is 2.19. The number of nitrogens with zero attached hydrogens (tertiary/aromatic N) is 2. The van der Waals surface area contributed by atoms with Crippen LogP contribution in [0.4, 0.5) is 0 Å². The molecule has 0 bridgehead atoms. The van der Waals surface area contributed by atoms with Crippen molar-refractivity contribution in [3.05, 3.63) is 59.9 Å². The fraction of sp³-hybridized carbons (Fsp3) is 0.278. The van der Waals surface area contributed by atoms with Gasteiger partial charge in [0.1, 0.15) is 18.5 Å². The van der Waals surface area contributed by atoms with Gasteiger partial charge in [-0.1, -0.05) is 29.8 Å². The molecule has 0 fully saturated rings. The van der Waals surface area contributed by atoms with Crippen molar-refractivity contribution in [2.45, 2.75) is 26.5 Å². The Bertz CT molecular complexity index is 780. The SMILES string of the molecule is Cc1ccc(OCC(O)Cn2cnc3ccccc32)c(C)c1. The van der Waals surface area contributed by atoms with Crippen molar-refractivity contribution < 1.29 is 9.84 Å². The quantitative estimate of drug-likeness (QED) is 0.787. The number of para-hydroxylation sites is 2. The lowest BCUT2D eigenvalue weighted by Gasteiger charge is -2.15. The molecular formula is C18H20N2O2. The normalized spacial score (nSPS) is 12.5. The number of hydrogen-bond donors (Lipinski definition) is 1. The fourth-order valence-corrected chi connectivity index (χ4v) is 2.58. The fourth-order valence-electron chi connectivity index (χ4n) is 2.58. The summed E-state index contributed by atoms with van der Waals surface area (Å²) in [5, 5.41) is 10.2. The summed E-state index contributed by atoms with van der Waals surface area (Å²) in [6.07, 6.45) is 1.17. The number of ether oxygens (including phenoxy) is 1. The molecule has 0 amide bonds. The molecular weight excluding hydrogens is 276 g/mol. The zero-order chi connectivity index (χ0) is 15.5. The van der Waals surface area contributed by atoms with Gasteiger partial charge in [0.2, 0.25) is 0 Å². The van der Waals surface area contributed by atoms with Crippen molar-refractivity contribution >= 4 is 11.0 Å². The third-order valence-corrected chi connectivity index (χ3v) is 3.70. The summed E-state index contributed by atoms with van der Waals surface area (Å²) >= 11 is 0. The number of aliphatic hydroxyl groups is 1. The Labute approximate surface area is 130 Å². The zero-order valence-corrected chi connectivity index (χ0v) is 12.9. The summed E-state index contributed by atoms with van der Waals surface area (Å²) in [6, 6.07) is 13.9. The molecule has 0 saturated heterocycles. The summed E-state index contributed by atoms with van der Waals surface area (Å²) < 4.78 is 7.68. The summed E-state index contributed by atoms with van der Waals surface area (Å²) in [7, 11) is 0. The molecule has 3 rings (SSSR count). The predicted octanol–water partition coefficient (Wildman–Crippen LogP) is 3.09. The molecule has 2 aromatic carbocycles. The van der Waals surface area contributed by atoms with Gasteiger partial charge in [0.15, 0.2) is 0 Å². The Balaban J connectivity index is 1.64. The summed E-state index contributed by atoms with van der Waals surface area (Å²) in [6.45, 7) is 4.79. The Hall–Kier alpha value is -2.33. The van der Waals surface area contributed by atoms with Gasteiger partial charge in [-0.25, -0.2) is 4.98 Å². The smallest absolute Gasteiger partial charge is 0.122 e. The van der Waals surface area contributed by atoms with Gasteiger partial charge in [0, 0.05) is 0 Å². The zero-order valence-electron chi connectivity index (χ0n) is 12.9. The van der Waals surface area contributed by atoms with Crippen molar-refractivity contribution in [2.24, 2.45) is 0 Å². The van der Waals surface area contributed by atoms with E-state index in [0.29, 0.717) is 6.54 Å². The van der Waals surface area contributed by atoms with Crippen LogP contribution < -0.4 is 4.74 Å². The number of benzene rings is 2. The Morgan fingerprint density at radius 2 is 2.00 bits per heavy atom. The van der Waals surface area contributed by atoms with Crippen LogP contribution in [-0.2, 0) is 6.54 Å². The molecule has 1 heterocycles. The largest absolute Gasteiger partial charge is 0.491 e. The van der Waals surface area contributed by atoms with Crippen LogP contribution in [-0.4, -0.2) is 27.4 Å². The topological polar surface area (TPSA) is 47.3 Å². The molecule has 3 aromatic rings. The van der Waals surface area contributed by atoms with Crippen molar-refractivity contribution in [2.75, 3.05) is 6.61 Å². The molecule has 22 heavy (non-hydrogen) atoms. The summed E-state index contributed by atoms with van der Waals surface area (Å²) in [5.41, 5.74) is 4.24. The van der Waals surface area contributed by atoms with Crippen LogP contribution in [0.5, 0.6) is 5.75 Å². The third-order valence-electron chi connectivity index (χ3n) is 3.70. The van der Waals surface area contributed by atoms with Gasteiger partial charge in [-0.15, -0.1) is 0 Å². The number of aromatic nitrogens is 2. The van der Waals surface area contributed by atoms with Gasteiger partial charge in [-0.3, -0.25) is 0 Å². The minimum atomic E-state index is -0.585. The van der Waals surface area contributed by atoms with E-state index >= 15 is 0 Å². The first kappa shape index (κ1) is 14.6. The maximum atomic E-state index is 10.2. The maximum Gasteiger partial charge on any atom is 0.122 e. The van der Waals surface area contributed by atoms with E-state index < -0.39 is 6.10 Å². The minimum absolute atomic E-state index is 0.260. The molecule has 0 aliphatic carbocycles. The second-order valence-corrected chi connectivity index (χ2v) is 5.62. The second-order valence-electron chi connectivity index (χ2n) is 5.62. The van der Waals surface area contributed by atoms with E-state index in [2.05, 4.69) is 18.0 Å². The van der Waals surface area contributed by atoms with Crippen LogP contribution in [0, 0.1) is 13.8 Å². The van der Waals surface area contributed by atoms with Crippen LogP contribution in [0.15, 0.2) is 48.8 Å². The molecule has 1 atom stereocenters. The van der Waals surface area contributed by atoms with Crippen molar-refractivity contribution in [3.8, 4) is 5.75 Å². The molecule has 1 aromatic heterocycles. The molecule has 4 nitrogen and oxygen atoms in total. The molecule has 0 saturated carbocycles. The van der Waals surface area contributed by atoms with E-state index in [0.717, 1.165) is 22.3 Å². The van der Waals surface area contributed by atoms with Crippen LogP contribution >= 0.6 is 0 Å². The molecule has 0 aliphatic rings. The first-order valence-corrected chi connectivity index (χ1v) is 7.41. The van der Waals surface area contributed by atoms with E-state index in [-0.39, 0.29) is 6.61 Å². The molecule has 0 aliphatic heterocycles. The monoisotopic (exact) mass is 296 g/mol. The second kappa shape index (κ2) is 6.20. The number of imidazole rings is 1. The van der Waals surface area contributed by atoms with Crippen LogP contribution in [0.25, 0.3) is 11.0 Å². The molecule has 0 spiro atoms. The highest BCUT2D eigenvalue weighted by atomic mass is 16.5. The first-order chi connectivity index (χ1) is 10.6. The van der Waals surface area contributed by atoms with Crippen LogP contribution in [0.1, 0.15) is 11.1 Å². The Morgan fingerprint density at radius 3 is 2.82 bits per heavy atom. The Morgan fingerprint density at radius 1 is 1.18 bits per heavy atom. The lowest BCUT2D eigenvalue weighted by molar-refractivity contribution is 0.0931. The average molecular weight is 296 g/mol. The van der Waals surface area contributed by atoms with Gasteiger partial charge in [-0.05, 0) is 37.6 Å². The number of hydrogen-bond acceptors (Lipinski definition) is 3. The van der Waals surface area contributed by atoms with Crippen LogP contribution in [0.3, 0.4) is 0 Å².